The molecule has 0 radical (unpaired) electrons. The SMILES string of the molecule is CCc1c2[nH]c(c1C)/C=C1\N/C(=C3\c4[nH]c(c(C)c4C(=O)[C@@H]3C(=O)OC)/C=c3\[nH]/c(c(C)c3CC)=C\2)[C@@H](CCC(=O)OC/C=C(\C)CCC[C@H](C)CCC[C@H](C)CC)[C@@H]1C. The molecule has 5 atom stereocenters. The number of aromatic amines is 3. The molecule has 4 N–H and O–H groups in total. The number of Topliss-reactive ketones (excluding diaryl/α,β-unsaturated/α-hetero) is 1. The van der Waals surface area contributed by atoms with Crippen molar-refractivity contribution >= 4 is 41.5 Å². The summed E-state index contributed by atoms with van der Waals surface area (Å²) in [5, 5.41) is 5.75. The first-order valence-electron chi connectivity index (χ1n) is 22.7. The molecule has 60 heavy (non-hydrogen) atoms. The summed E-state index contributed by atoms with van der Waals surface area (Å²) in [6.07, 6.45) is 19.4. The average molecular weight is 819 g/mol. The van der Waals surface area contributed by atoms with Crippen LogP contribution in [0.15, 0.2) is 23.0 Å². The van der Waals surface area contributed by atoms with Crippen molar-refractivity contribution in [1.29, 1.82) is 0 Å². The van der Waals surface area contributed by atoms with Crippen LogP contribution in [0.5, 0.6) is 0 Å². The number of methoxy groups -OCH3 is 1. The molecule has 1 aliphatic carbocycles. The van der Waals surface area contributed by atoms with Crippen LogP contribution in [0.4, 0.5) is 0 Å². The second kappa shape index (κ2) is 19.3. The number of carbonyl (C=O) groups is 3. The van der Waals surface area contributed by atoms with E-state index >= 15 is 0 Å². The van der Waals surface area contributed by atoms with E-state index in [-0.39, 0.29) is 36.6 Å². The molecular formula is C51H70N4O5. The minimum atomic E-state index is -1.13. The van der Waals surface area contributed by atoms with Gasteiger partial charge in [0.25, 0.3) is 0 Å². The van der Waals surface area contributed by atoms with E-state index in [1.807, 2.05) is 13.0 Å². The molecule has 6 rings (SSSR count). The van der Waals surface area contributed by atoms with Gasteiger partial charge in [0.05, 0.1) is 12.8 Å². The summed E-state index contributed by atoms with van der Waals surface area (Å²) < 4.78 is 11.1. The lowest BCUT2D eigenvalue weighted by molar-refractivity contribution is -0.143. The molecule has 324 valence electrons. The van der Waals surface area contributed by atoms with E-state index in [1.165, 1.54) is 67.0 Å². The summed E-state index contributed by atoms with van der Waals surface area (Å²) in [4.78, 5) is 52.4. The maximum Gasteiger partial charge on any atom is 0.321 e. The smallest absolute Gasteiger partial charge is 0.321 e. The van der Waals surface area contributed by atoms with Crippen LogP contribution >= 0.6 is 0 Å². The van der Waals surface area contributed by atoms with Gasteiger partial charge >= 0.3 is 11.9 Å². The van der Waals surface area contributed by atoms with Crippen molar-refractivity contribution < 1.29 is 23.9 Å². The molecule has 1 saturated heterocycles. The predicted octanol–water partition coefficient (Wildman–Crippen LogP) is 9.58. The average Bonchev–Trinajstić information content (AvgIpc) is 3.97. The molecule has 9 heteroatoms. The van der Waals surface area contributed by atoms with Gasteiger partial charge in [0.15, 0.2) is 5.78 Å². The van der Waals surface area contributed by atoms with Gasteiger partial charge in [0.1, 0.15) is 12.5 Å². The van der Waals surface area contributed by atoms with E-state index in [0.29, 0.717) is 23.3 Å². The number of esters is 2. The van der Waals surface area contributed by atoms with Crippen molar-refractivity contribution in [2.75, 3.05) is 13.7 Å². The van der Waals surface area contributed by atoms with E-state index < -0.39 is 11.9 Å². The van der Waals surface area contributed by atoms with Crippen LogP contribution in [-0.4, -0.2) is 46.4 Å². The van der Waals surface area contributed by atoms with Gasteiger partial charge in [-0.1, -0.05) is 79.2 Å². The fraction of sp³-hybridized carbons (Fsp3) is 0.549. The van der Waals surface area contributed by atoms with Crippen molar-refractivity contribution in [3.05, 3.63) is 89.9 Å². The summed E-state index contributed by atoms with van der Waals surface area (Å²) >= 11 is 0. The summed E-state index contributed by atoms with van der Waals surface area (Å²) in [6.45, 7) is 22.1. The lowest BCUT2D eigenvalue weighted by atomic mass is 9.85. The van der Waals surface area contributed by atoms with E-state index in [4.69, 9.17) is 9.47 Å². The van der Waals surface area contributed by atoms with Gasteiger partial charge in [0.2, 0.25) is 0 Å². The summed E-state index contributed by atoms with van der Waals surface area (Å²) in [5.41, 5.74) is 13.2. The molecule has 8 bridgehead atoms. The van der Waals surface area contributed by atoms with Crippen molar-refractivity contribution in [2.45, 2.75) is 140 Å². The van der Waals surface area contributed by atoms with Gasteiger partial charge in [-0.2, -0.15) is 0 Å². The van der Waals surface area contributed by atoms with Crippen LogP contribution in [0.1, 0.15) is 167 Å². The van der Waals surface area contributed by atoms with E-state index in [2.05, 4.69) is 101 Å². The number of fused-ring (bicyclic) bond motifs is 7. The van der Waals surface area contributed by atoms with Crippen LogP contribution in [0.3, 0.4) is 0 Å². The number of ketones is 1. The number of hydrogen-bond donors (Lipinski definition) is 4. The van der Waals surface area contributed by atoms with Crippen LogP contribution < -0.4 is 16.0 Å². The fourth-order valence-corrected chi connectivity index (χ4v) is 9.84. The lowest BCUT2D eigenvalue weighted by Gasteiger charge is -2.19. The molecule has 0 spiro atoms. The van der Waals surface area contributed by atoms with E-state index in [9.17, 15) is 14.4 Å². The number of aromatic nitrogens is 3. The Bertz CT molecular complexity index is 2330. The first-order valence-corrected chi connectivity index (χ1v) is 22.7. The monoisotopic (exact) mass is 819 g/mol. The van der Waals surface area contributed by atoms with Gasteiger partial charge in [0, 0.05) is 68.6 Å². The third-order valence-electron chi connectivity index (χ3n) is 14.0. The molecule has 0 saturated carbocycles. The predicted molar refractivity (Wildman–Crippen MR) is 243 cm³/mol. The van der Waals surface area contributed by atoms with Gasteiger partial charge in [-0.05, 0) is 124 Å². The van der Waals surface area contributed by atoms with Gasteiger partial charge < -0.3 is 29.7 Å². The van der Waals surface area contributed by atoms with Crippen molar-refractivity contribution in [3.8, 4) is 0 Å². The topological polar surface area (TPSA) is 129 Å². The first kappa shape index (κ1) is 44.8. The molecule has 3 aliphatic rings. The Hall–Kier alpha value is -4.79. The zero-order chi connectivity index (χ0) is 43.4. The molecule has 3 aromatic rings. The third kappa shape index (κ3) is 9.11. The summed E-state index contributed by atoms with van der Waals surface area (Å²) in [7, 11) is 1.33. The molecular weight excluding hydrogens is 749 g/mol. The third-order valence-corrected chi connectivity index (χ3v) is 14.0. The standard InChI is InChI=1S/C51H70N4O5/c1-12-28(4)17-15-18-29(5)19-16-20-30(6)23-24-60-44(56)22-21-37-33(9)40-25-38-31(7)35(13-2)42(52-38)26-39-32(8)36(14-3)43(53-39)27-41-34(10)45-49(55-41)46(48(37)54-40)47(50(45)57)51(58)59-11/h23,25-29,33,37,47,52-55H,12-22,24H2,1-11H3/b30-23+,39-26-,40-25-,43-27-,48-46-/t28-,29-,33+,37+,47-/m1/s1. The normalized spacial score (nSPS) is 22.6. The number of carbonyl (C=O) groups excluding carboxylic acids is 3. The highest BCUT2D eigenvalue weighted by molar-refractivity contribution is 6.24. The van der Waals surface area contributed by atoms with Crippen LogP contribution in [0.2, 0.25) is 0 Å². The Morgan fingerprint density at radius 3 is 2.20 bits per heavy atom. The fourth-order valence-electron chi connectivity index (χ4n) is 9.84. The quantitative estimate of drug-likeness (QED) is 0.0611. The van der Waals surface area contributed by atoms with Crippen molar-refractivity contribution in [1.82, 2.24) is 20.3 Å². The highest BCUT2D eigenvalue weighted by Gasteiger charge is 2.48. The Morgan fingerprint density at radius 1 is 0.817 bits per heavy atom. The van der Waals surface area contributed by atoms with Gasteiger partial charge in [-0.25, -0.2) is 0 Å². The number of rotatable bonds is 17. The second-order valence-corrected chi connectivity index (χ2v) is 18.0. The molecule has 5 heterocycles. The minimum Gasteiger partial charge on any atom is -0.468 e. The maximum absolute atomic E-state index is 14.4. The number of hydrogen-bond acceptors (Lipinski definition) is 6. The zero-order valence-electron chi connectivity index (χ0n) is 38.2. The number of H-pyrrole nitrogens is 3. The number of nitrogens with one attached hydrogen (secondary N) is 4. The van der Waals surface area contributed by atoms with E-state index in [0.717, 1.165) is 82.3 Å². The molecule has 1 fully saturated rings. The second-order valence-electron chi connectivity index (χ2n) is 18.0. The Morgan fingerprint density at radius 2 is 1.50 bits per heavy atom. The lowest BCUT2D eigenvalue weighted by Crippen LogP contribution is -2.25. The van der Waals surface area contributed by atoms with Crippen LogP contribution in [0, 0.1) is 50.4 Å². The molecule has 9 nitrogen and oxygen atoms in total. The van der Waals surface area contributed by atoms with Crippen LogP contribution in [0.25, 0.3) is 23.8 Å². The minimum absolute atomic E-state index is 0.0600. The molecule has 3 aromatic heterocycles. The van der Waals surface area contributed by atoms with Gasteiger partial charge in [-0.3, -0.25) is 14.4 Å². The molecule has 0 unspecified atom stereocenters. The van der Waals surface area contributed by atoms with Gasteiger partial charge in [-0.15, -0.1) is 0 Å². The maximum atomic E-state index is 14.4. The van der Waals surface area contributed by atoms with Crippen molar-refractivity contribution in [2.24, 2.45) is 29.6 Å². The highest BCUT2D eigenvalue weighted by Crippen LogP contribution is 2.48. The number of ether oxygens (including phenoxy) is 2. The zero-order valence-corrected chi connectivity index (χ0v) is 38.2. The summed E-state index contributed by atoms with van der Waals surface area (Å²) in [5.74, 6) is -0.977. The Kier molecular flexibility index (Phi) is 14.4. The highest BCUT2D eigenvalue weighted by atomic mass is 16.5. The summed E-state index contributed by atoms with van der Waals surface area (Å²) in [6, 6.07) is 0. The van der Waals surface area contributed by atoms with Crippen LogP contribution in [-0.2, 0) is 31.9 Å². The molecule has 0 aromatic carbocycles. The number of allylic oxidation sites excluding steroid dienone is 3. The Labute approximate surface area is 357 Å². The largest absolute Gasteiger partial charge is 0.468 e. The first-order chi connectivity index (χ1) is 28.7. The van der Waals surface area contributed by atoms with E-state index in [1.54, 1.807) is 0 Å². The molecule has 0 amide bonds. The van der Waals surface area contributed by atoms with Crippen molar-refractivity contribution in [3.63, 3.8) is 0 Å². The Balaban J connectivity index is 1.31. The molecule has 2 aliphatic heterocycles.